The molecule has 1 unspecified atom stereocenters. The van der Waals surface area contributed by atoms with Gasteiger partial charge in [0.1, 0.15) is 6.10 Å². The molecular weight excluding hydrogens is 509 g/mol. The molecule has 0 bridgehead atoms. The van der Waals surface area contributed by atoms with Gasteiger partial charge in [-0.3, -0.25) is 4.98 Å². The Bertz CT molecular complexity index is 1320. The molecule has 4 aliphatic rings. The van der Waals surface area contributed by atoms with Gasteiger partial charge >= 0.3 is 6.18 Å². The van der Waals surface area contributed by atoms with Crippen LogP contribution in [0.1, 0.15) is 109 Å². The second kappa shape index (κ2) is 9.55. The molecule has 1 spiro atoms. The van der Waals surface area contributed by atoms with Crippen LogP contribution < -0.4 is 0 Å². The van der Waals surface area contributed by atoms with E-state index in [1.807, 2.05) is 0 Å². The molecule has 1 aliphatic carbocycles. The summed E-state index contributed by atoms with van der Waals surface area (Å²) >= 11 is 0. The highest BCUT2D eigenvalue weighted by atomic mass is 19.4. The van der Waals surface area contributed by atoms with Crippen LogP contribution in [0.3, 0.4) is 0 Å². The number of aliphatic hydroxyl groups excluding tert-OH is 1. The van der Waals surface area contributed by atoms with Crippen molar-refractivity contribution >= 4 is 0 Å². The average Bonchev–Trinajstić information content (AvgIpc) is 3.21. The summed E-state index contributed by atoms with van der Waals surface area (Å²) < 4.78 is 59.1. The Labute approximate surface area is 226 Å². The van der Waals surface area contributed by atoms with Crippen LogP contribution in [0.15, 0.2) is 18.2 Å². The summed E-state index contributed by atoms with van der Waals surface area (Å²) in [6.07, 6.45) is -2.05. The molecule has 39 heavy (non-hydrogen) atoms. The molecule has 2 aromatic rings. The quantitative estimate of drug-likeness (QED) is 0.501. The van der Waals surface area contributed by atoms with Crippen molar-refractivity contribution < 1.29 is 32.5 Å². The molecule has 0 radical (unpaired) electrons. The van der Waals surface area contributed by atoms with Gasteiger partial charge in [-0.15, -0.1) is 0 Å². The second-order valence-electron chi connectivity index (χ2n) is 12.1. The number of fused-ring (bicyclic) bond motifs is 4. The second-order valence-corrected chi connectivity index (χ2v) is 12.1. The van der Waals surface area contributed by atoms with Crippen LogP contribution in [0.4, 0.5) is 13.2 Å². The number of nitriles is 1. The number of nitrogens with zero attached hydrogens (tertiary/aromatic N) is 2. The van der Waals surface area contributed by atoms with Gasteiger partial charge in [-0.25, -0.2) is 0 Å². The Morgan fingerprint density at radius 1 is 1.05 bits per heavy atom. The lowest BCUT2D eigenvalue weighted by molar-refractivity contribution is -0.138. The monoisotopic (exact) mass is 542 g/mol. The summed E-state index contributed by atoms with van der Waals surface area (Å²) in [5, 5.41) is 21.1. The minimum absolute atomic E-state index is 0.103. The molecular formula is C30H33F3N2O4. The number of benzene rings is 1. The van der Waals surface area contributed by atoms with E-state index in [0.717, 1.165) is 53.4 Å². The number of hydrogen-bond donors (Lipinski definition) is 1. The third-order valence-corrected chi connectivity index (χ3v) is 8.85. The zero-order chi connectivity index (χ0) is 27.6. The first kappa shape index (κ1) is 26.7. The lowest BCUT2D eigenvalue weighted by atomic mass is 9.69. The molecule has 0 saturated carbocycles. The van der Waals surface area contributed by atoms with Crippen LogP contribution in [0.5, 0.6) is 0 Å². The lowest BCUT2D eigenvalue weighted by Gasteiger charge is -2.40. The highest BCUT2D eigenvalue weighted by Crippen LogP contribution is 2.58. The molecule has 9 heteroatoms. The first-order valence-corrected chi connectivity index (χ1v) is 13.7. The summed E-state index contributed by atoms with van der Waals surface area (Å²) in [6, 6.07) is 5.44. The number of rotatable bonds is 2. The van der Waals surface area contributed by atoms with Crippen molar-refractivity contribution in [1.29, 1.82) is 5.26 Å². The van der Waals surface area contributed by atoms with Crippen molar-refractivity contribution in [3.63, 3.8) is 0 Å². The van der Waals surface area contributed by atoms with Crippen molar-refractivity contribution in [1.82, 2.24) is 4.98 Å². The third kappa shape index (κ3) is 4.55. The summed E-state index contributed by atoms with van der Waals surface area (Å²) in [4.78, 5) is 5.24. The van der Waals surface area contributed by atoms with Crippen LogP contribution in [0.25, 0.3) is 0 Å². The van der Waals surface area contributed by atoms with E-state index in [2.05, 4.69) is 13.8 Å². The molecule has 2 atom stereocenters. The molecule has 1 aromatic heterocycles. The smallest absolute Gasteiger partial charge is 0.388 e. The van der Waals surface area contributed by atoms with E-state index in [0.29, 0.717) is 51.3 Å². The van der Waals surface area contributed by atoms with E-state index in [-0.39, 0.29) is 11.3 Å². The summed E-state index contributed by atoms with van der Waals surface area (Å²) in [5.41, 5.74) is 2.62. The van der Waals surface area contributed by atoms with Crippen LogP contribution in [0.2, 0.25) is 0 Å². The number of pyridine rings is 1. The van der Waals surface area contributed by atoms with Gasteiger partial charge in [0.2, 0.25) is 0 Å². The minimum atomic E-state index is -4.63. The van der Waals surface area contributed by atoms with E-state index < -0.39 is 35.1 Å². The number of aliphatic hydroxyl groups is 1. The van der Waals surface area contributed by atoms with Gasteiger partial charge in [-0.2, -0.15) is 18.4 Å². The Kier molecular flexibility index (Phi) is 6.54. The fourth-order valence-electron chi connectivity index (χ4n) is 7.08. The normalized spacial score (nSPS) is 26.2. The fourth-order valence-corrected chi connectivity index (χ4v) is 7.08. The predicted octanol–water partition coefficient (Wildman–Crippen LogP) is 6.00. The van der Waals surface area contributed by atoms with E-state index in [9.17, 15) is 23.5 Å². The van der Waals surface area contributed by atoms with Gasteiger partial charge in [-0.1, -0.05) is 19.9 Å². The summed E-state index contributed by atoms with van der Waals surface area (Å²) in [5.74, 6) is 0.103. The Morgan fingerprint density at radius 3 is 2.41 bits per heavy atom. The number of halogens is 3. The highest BCUT2D eigenvalue weighted by molar-refractivity contribution is 5.55. The molecule has 2 fully saturated rings. The molecule has 1 N–H and O–H groups in total. The topological polar surface area (TPSA) is 84.6 Å². The molecule has 0 amide bonds. The average molecular weight is 543 g/mol. The van der Waals surface area contributed by atoms with Gasteiger partial charge in [-0.05, 0) is 54.4 Å². The van der Waals surface area contributed by atoms with E-state index in [1.54, 1.807) is 6.07 Å². The molecule has 1 aromatic carbocycles. The van der Waals surface area contributed by atoms with Crippen molar-refractivity contribution in [2.45, 2.75) is 82.3 Å². The fraction of sp³-hybridized carbons (Fsp3) is 0.600. The molecule has 4 heterocycles. The van der Waals surface area contributed by atoms with Crippen molar-refractivity contribution in [3.8, 4) is 6.07 Å². The first-order valence-electron chi connectivity index (χ1n) is 13.7. The number of aromatic nitrogens is 1. The zero-order valence-electron chi connectivity index (χ0n) is 22.2. The van der Waals surface area contributed by atoms with Gasteiger partial charge in [0.15, 0.2) is 0 Å². The largest absolute Gasteiger partial charge is 0.417 e. The number of hydrogen-bond acceptors (Lipinski definition) is 6. The Hall–Kier alpha value is -2.51. The van der Waals surface area contributed by atoms with E-state index in [4.69, 9.17) is 19.2 Å². The maximum Gasteiger partial charge on any atom is 0.417 e. The predicted molar refractivity (Wildman–Crippen MR) is 135 cm³/mol. The van der Waals surface area contributed by atoms with Gasteiger partial charge in [0, 0.05) is 62.0 Å². The van der Waals surface area contributed by atoms with Crippen LogP contribution in [-0.4, -0.2) is 36.5 Å². The molecule has 3 aliphatic heterocycles. The Morgan fingerprint density at radius 2 is 1.74 bits per heavy atom. The van der Waals surface area contributed by atoms with Crippen LogP contribution in [-0.2, 0) is 32.4 Å². The van der Waals surface area contributed by atoms with Crippen LogP contribution >= 0.6 is 0 Å². The van der Waals surface area contributed by atoms with Crippen molar-refractivity contribution in [2.75, 3.05) is 26.4 Å². The first-order chi connectivity index (χ1) is 18.5. The van der Waals surface area contributed by atoms with Crippen molar-refractivity contribution in [2.24, 2.45) is 5.41 Å². The molecule has 6 rings (SSSR count). The van der Waals surface area contributed by atoms with Gasteiger partial charge in [0.05, 0.1) is 34.6 Å². The minimum Gasteiger partial charge on any atom is -0.388 e. The zero-order valence-corrected chi connectivity index (χ0v) is 22.2. The van der Waals surface area contributed by atoms with Gasteiger partial charge < -0.3 is 19.3 Å². The molecule has 2 saturated heterocycles. The van der Waals surface area contributed by atoms with E-state index in [1.165, 1.54) is 12.1 Å². The maximum atomic E-state index is 13.6. The number of alkyl halides is 3. The SMILES string of the molecule is CC1(C)Cc2nc(C3CCOCC3)c3c(c2[C@@H](O)C1)C1(CCOCC1)OC3c1ccc(C(F)(F)F)c(C#N)c1. The van der Waals surface area contributed by atoms with Gasteiger partial charge in [0.25, 0.3) is 0 Å². The standard InChI is InChI=1S/C30H33F3N2O4/c1-28(2)14-21-23(22(36)15-28)25-24(26(35-21)17-5-9-37-10-6-17)27(39-29(25)7-11-38-12-8-29)18-3-4-20(30(31,32)33)19(13-18)16-34/h3-4,13,17,22,27,36H,5-12,14-15H2,1-2H3/t22-,27?/m0/s1. The number of ether oxygens (including phenoxy) is 3. The third-order valence-electron chi connectivity index (χ3n) is 8.85. The highest BCUT2D eigenvalue weighted by Gasteiger charge is 2.53. The van der Waals surface area contributed by atoms with Crippen molar-refractivity contribution in [3.05, 3.63) is 63.0 Å². The maximum absolute atomic E-state index is 13.6. The molecule has 6 nitrogen and oxygen atoms in total. The lowest BCUT2D eigenvalue weighted by Crippen LogP contribution is -2.37. The molecule has 208 valence electrons. The summed E-state index contributed by atoms with van der Waals surface area (Å²) in [7, 11) is 0. The van der Waals surface area contributed by atoms with Crippen LogP contribution in [0, 0.1) is 16.7 Å². The van der Waals surface area contributed by atoms with E-state index >= 15 is 0 Å². The Balaban J connectivity index is 1.61. The summed E-state index contributed by atoms with van der Waals surface area (Å²) in [6.45, 7) is 6.45.